The first-order valence-corrected chi connectivity index (χ1v) is 6.64. The quantitative estimate of drug-likeness (QED) is 0.773. The second-order valence-electron chi connectivity index (χ2n) is 4.02. The molecule has 0 unspecified atom stereocenters. The molecule has 0 N–H and O–H groups in total. The largest absolute Gasteiger partial charge is 0.493 e. The van der Waals surface area contributed by atoms with Crippen molar-refractivity contribution in [1.29, 1.82) is 0 Å². The first-order valence-electron chi connectivity index (χ1n) is 5.84. The van der Waals surface area contributed by atoms with E-state index in [1.54, 1.807) is 30.3 Å². The average Bonchev–Trinajstić information content (AvgIpc) is 2.47. The number of hydrogen-bond acceptors (Lipinski definition) is 3. The molecule has 0 aliphatic rings. The summed E-state index contributed by atoms with van der Waals surface area (Å²) in [5.41, 5.74) is 0.752. The van der Waals surface area contributed by atoms with E-state index in [1.807, 2.05) is 0 Å². The number of rotatable bonds is 5. The maximum atomic E-state index is 13.6. The van der Waals surface area contributed by atoms with E-state index in [0.29, 0.717) is 28.9 Å². The van der Waals surface area contributed by atoms with Crippen LogP contribution in [-0.4, -0.2) is 13.4 Å². The Labute approximate surface area is 124 Å². The number of aldehydes is 1. The number of ether oxygens (including phenoxy) is 2. The van der Waals surface area contributed by atoms with Crippen LogP contribution in [0.5, 0.6) is 11.5 Å². The zero-order valence-corrected chi connectivity index (χ0v) is 12.3. The van der Waals surface area contributed by atoms with Gasteiger partial charge in [-0.05, 0) is 30.3 Å². The predicted octanol–water partition coefficient (Wildman–Crippen LogP) is 3.99. The molecule has 2 aromatic rings. The molecular formula is C15H12BrFO3. The van der Waals surface area contributed by atoms with Gasteiger partial charge in [-0.2, -0.15) is 0 Å². The molecule has 0 spiro atoms. The second-order valence-corrected chi connectivity index (χ2v) is 4.94. The van der Waals surface area contributed by atoms with Gasteiger partial charge in [0.15, 0.2) is 17.8 Å². The first kappa shape index (κ1) is 14.5. The van der Waals surface area contributed by atoms with Crippen molar-refractivity contribution in [2.24, 2.45) is 0 Å². The van der Waals surface area contributed by atoms with Crippen LogP contribution in [0, 0.1) is 5.82 Å². The Morgan fingerprint density at radius 3 is 2.80 bits per heavy atom. The maximum absolute atomic E-state index is 13.6. The molecule has 0 atom stereocenters. The molecule has 0 saturated carbocycles. The highest BCUT2D eigenvalue weighted by Gasteiger charge is 2.11. The molecule has 20 heavy (non-hydrogen) atoms. The molecule has 0 aromatic heterocycles. The maximum Gasteiger partial charge on any atom is 0.172 e. The van der Waals surface area contributed by atoms with Crippen LogP contribution in [0.3, 0.4) is 0 Å². The van der Waals surface area contributed by atoms with Crippen molar-refractivity contribution in [3.05, 3.63) is 57.8 Å². The monoisotopic (exact) mass is 338 g/mol. The third kappa shape index (κ3) is 3.17. The molecule has 0 aliphatic carbocycles. The lowest BCUT2D eigenvalue weighted by Crippen LogP contribution is -2.02. The van der Waals surface area contributed by atoms with Crippen LogP contribution < -0.4 is 9.47 Å². The average molecular weight is 339 g/mol. The zero-order valence-electron chi connectivity index (χ0n) is 10.7. The smallest absolute Gasteiger partial charge is 0.172 e. The zero-order chi connectivity index (χ0) is 14.5. The molecule has 2 aromatic carbocycles. The highest BCUT2D eigenvalue weighted by molar-refractivity contribution is 9.10. The van der Waals surface area contributed by atoms with Crippen LogP contribution in [0.1, 0.15) is 15.9 Å². The van der Waals surface area contributed by atoms with Crippen LogP contribution in [0.15, 0.2) is 40.9 Å². The number of halogens is 2. The van der Waals surface area contributed by atoms with E-state index in [0.717, 1.165) is 4.47 Å². The van der Waals surface area contributed by atoms with E-state index in [1.165, 1.54) is 13.2 Å². The number of carbonyl (C=O) groups excluding carboxylic acids is 1. The van der Waals surface area contributed by atoms with Gasteiger partial charge >= 0.3 is 0 Å². The van der Waals surface area contributed by atoms with Gasteiger partial charge in [0.05, 0.1) is 12.7 Å². The van der Waals surface area contributed by atoms with Gasteiger partial charge in [0, 0.05) is 10.0 Å². The fourth-order valence-corrected chi connectivity index (χ4v) is 2.15. The molecule has 0 heterocycles. The Bertz CT molecular complexity index is 629. The number of hydrogen-bond donors (Lipinski definition) is 0. The van der Waals surface area contributed by atoms with E-state index < -0.39 is 0 Å². The van der Waals surface area contributed by atoms with Gasteiger partial charge in [0.25, 0.3) is 0 Å². The normalized spacial score (nSPS) is 10.2. The van der Waals surface area contributed by atoms with Gasteiger partial charge in [-0.1, -0.05) is 22.0 Å². The van der Waals surface area contributed by atoms with Crippen molar-refractivity contribution in [3.63, 3.8) is 0 Å². The minimum atomic E-state index is -0.365. The molecule has 0 bridgehead atoms. The van der Waals surface area contributed by atoms with E-state index >= 15 is 0 Å². The van der Waals surface area contributed by atoms with Crippen LogP contribution in [0.2, 0.25) is 0 Å². The van der Waals surface area contributed by atoms with Gasteiger partial charge in [-0.25, -0.2) is 4.39 Å². The fourth-order valence-electron chi connectivity index (χ4n) is 1.74. The number of methoxy groups -OCH3 is 1. The Morgan fingerprint density at radius 1 is 1.30 bits per heavy atom. The Balaban J connectivity index is 2.26. The summed E-state index contributed by atoms with van der Waals surface area (Å²) < 4.78 is 25.1. The molecule has 3 nitrogen and oxygen atoms in total. The summed E-state index contributed by atoms with van der Waals surface area (Å²) in [4.78, 5) is 11.0. The van der Waals surface area contributed by atoms with Crippen LogP contribution >= 0.6 is 15.9 Å². The third-order valence-corrected chi connectivity index (χ3v) is 3.23. The lowest BCUT2D eigenvalue weighted by atomic mass is 10.2. The summed E-state index contributed by atoms with van der Waals surface area (Å²) in [6.07, 6.45) is 0.676. The summed E-state index contributed by atoms with van der Waals surface area (Å²) in [5.74, 6) is 0.380. The van der Waals surface area contributed by atoms with Crippen LogP contribution in [-0.2, 0) is 6.61 Å². The Kier molecular flexibility index (Phi) is 4.74. The third-order valence-electron chi connectivity index (χ3n) is 2.74. The van der Waals surface area contributed by atoms with Gasteiger partial charge in [0.2, 0.25) is 0 Å². The van der Waals surface area contributed by atoms with Gasteiger partial charge < -0.3 is 9.47 Å². The topological polar surface area (TPSA) is 35.5 Å². The molecular weight excluding hydrogens is 327 g/mol. The van der Waals surface area contributed by atoms with Crippen molar-refractivity contribution in [2.45, 2.75) is 6.61 Å². The standard InChI is InChI=1S/C15H12BrFO3/c1-19-14-4-2-3-10(8-18)15(14)20-9-11-7-12(16)5-6-13(11)17/h2-8H,9H2,1H3. The Hall–Kier alpha value is -1.88. The van der Waals surface area contributed by atoms with Crippen molar-refractivity contribution in [1.82, 2.24) is 0 Å². The van der Waals surface area contributed by atoms with E-state index in [4.69, 9.17) is 9.47 Å². The van der Waals surface area contributed by atoms with Crippen molar-refractivity contribution < 1.29 is 18.7 Å². The number of para-hydroxylation sites is 1. The van der Waals surface area contributed by atoms with E-state index in [2.05, 4.69) is 15.9 Å². The van der Waals surface area contributed by atoms with Crippen molar-refractivity contribution >= 4 is 22.2 Å². The van der Waals surface area contributed by atoms with Gasteiger partial charge in [0.1, 0.15) is 12.4 Å². The van der Waals surface area contributed by atoms with Crippen LogP contribution in [0.25, 0.3) is 0 Å². The summed E-state index contributed by atoms with van der Waals surface area (Å²) >= 11 is 3.28. The molecule has 104 valence electrons. The minimum absolute atomic E-state index is 0.00644. The molecule has 0 aliphatic heterocycles. The van der Waals surface area contributed by atoms with Crippen molar-refractivity contribution in [2.75, 3.05) is 7.11 Å². The molecule has 2 rings (SSSR count). The summed E-state index contributed by atoms with van der Waals surface area (Å²) in [7, 11) is 1.48. The lowest BCUT2D eigenvalue weighted by Gasteiger charge is -2.13. The van der Waals surface area contributed by atoms with Gasteiger partial charge in [-0.3, -0.25) is 4.79 Å². The van der Waals surface area contributed by atoms with Gasteiger partial charge in [-0.15, -0.1) is 0 Å². The molecule has 5 heteroatoms. The molecule has 0 amide bonds. The lowest BCUT2D eigenvalue weighted by molar-refractivity contribution is 0.111. The van der Waals surface area contributed by atoms with E-state index in [9.17, 15) is 9.18 Å². The predicted molar refractivity (Wildman–Crippen MR) is 76.8 cm³/mol. The van der Waals surface area contributed by atoms with E-state index in [-0.39, 0.29) is 12.4 Å². The fraction of sp³-hybridized carbons (Fsp3) is 0.133. The number of benzene rings is 2. The highest BCUT2D eigenvalue weighted by atomic mass is 79.9. The second kappa shape index (κ2) is 6.52. The Morgan fingerprint density at radius 2 is 2.10 bits per heavy atom. The molecule has 0 radical (unpaired) electrons. The summed E-state index contributed by atoms with van der Waals surface area (Å²) in [5, 5.41) is 0. The summed E-state index contributed by atoms with van der Waals surface area (Å²) in [6.45, 7) is 0.00644. The van der Waals surface area contributed by atoms with Crippen molar-refractivity contribution in [3.8, 4) is 11.5 Å². The molecule has 0 saturated heterocycles. The molecule has 0 fully saturated rings. The van der Waals surface area contributed by atoms with Crippen LogP contribution in [0.4, 0.5) is 4.39 Å². The number of carbonyl (C=O) groups is 1. The summed E-state index contributed by atoms with van der Waals surface area (Å²) in [6, 6.07) is 9.58. The highest BCUT2D eigenvalue weighted by Crippen LogP contribution is 2.31. The minimum Gasteiger partial charge on any atom is -0.493 e. The first-order chi connectivity index (χ1) is 9.65. The SMILES string of the molecule is COc1cccc(C=O)c1OCc1cc(Br)ccc1F.